The van der Waals surface area contributed by atoms with E-state index >= 15 is 0 Å². The maximum Gasteiger partial charge on any atom is 0.238 e. The lowest BCUT2D eigenvalue weighted by molar-refractivity contribution is -0.126. The minimum atomic E-state index is -3.67. The van der Waals surface area contributed by atoms with Crippen LogP contribution in [0.1, 0.15) is 22.9 Å². The minimum absolute atomic E-state index is 0.0184. The summed E-state index contributed by atoms with van der Waals surface area (Å²) in [5, 5.41) is 10.2. The quantitative estimate of drug-likeness (QED) is 0.778. The number of thiophene rings is 1. The number of nitrogens with zero attached hydrogens (tertiary/aromatic N) is 1. The molecule has 1 atom stereocenters. The summed E-state index contributed by atoms with van der Waals surface area (Å²) in [7, 11) is -3.67. The van der Waals surface area contributed by atoms with Gasteiger partial charge in [-0.3, -0.25) is 9.69 Å². The molecule has 1 aliphatic rings. The van der Waals surface area contributed by atoms with Gasteiger partial charge in [0.1, 0.15) is 0 Å². The number of hydrogen-bond acceptors (Lipinski definition) is 5. The average molecular weight is 394 g/mol. The summed E-state index contributed by atoms with van der Waals surface area (Å²) >= 11 is 1.79. The molecule has 1 aliphatic heterocycles. The van der Waals surface area contributed by atoms with Crippen molar-refractivity contribution >= 4 is 27.3 Å². The summed E-state index contributed by atoms with van der Waals surface area (Å²) in [6, 6.07) is 8.38. The molecule has 0 fully saturated rings. The molecule has 1 aromatic heterocycles. The van der Waals surface area contributed by atoms with Gasteiger partial charge < -0.3 is 5.32 Å². The van der Waals surface area contributed by atoms with Gasteiger partial charge in [-0.25, -0.2) is 13.6 Å². The molecule has 0 saturated carbocycles. The molecule has 26 heavy (non-hydrogen) atoms. The van der Waals surface area contributed by atoms with Crippen LogP contribution in [-0.4, -0.2) is 38.4 Å². The molecule has 0 bridgehead atoms. The number of benzene rings is 1. The lowest BCUT2D eigenvalue weighted by Gasteiger charge is -2.31. The average Bonchev–Trinajstić information content (AvgIpc) is 3.08. The fourth-order valence-electron chi connectivity index (χ4n) is 3.09. The largest absolute Gasteiger partial charge is 0.354 e. The molecule has 0 radical (unpaired) electrons. The molecule has 2 heterocycles. The second-order valence-electron chi connectivity index (χ2n) is 6.50. The van der Waals surface area contributed by atoms with Crippen LogP contribution in [0.5, 0.6) is 0 Å². The highest BCUT2D eigenvalue weighted by Gasteiger charge is 2.25. The monoisotopic (exact) mass is 393 g/mol. The fraction of sp³-hybridized carbons (Fsp3) is 0.389. The van der Waals surface area contributed by atoms with Crippen molar-refractivity contribution in [1.82, 2.24) is 10.2 Å². The highest BCUT2D eigenvalue weighted by Crippen LogP contribution is 2.25. The topological polar surface area (TPSA) is 92.5 Å². The molecule has 8 heteroatoms. The molecule has 0 aliphatic carbocycles. The number of hydrogen-bond donors (Lipinski definition) is 2. The van der Waals surface area contributed by atoms with Crippen LogP contribution in [0, 0.1) is 0 Å². The molecule has 3 rings (SSSR count). The van der Waals surface area contributed by atoms with Crippen LogP contribution < -0.4 is 10.5 Å². The van der Waals surface area contributed by atoms with Crippen LogP contribution in [0.2, 0.25) is 0 Å². The van der Waals surface area contributed by atoms with Gasteiger partial charge in [0.2, 0.25) is 15.9 Å². The van der Waals surface area contributed by atoms with Gasteiger partial charge in [0, 0.05) is 24.5 Å². The number of carbonyl (C=O) groups is 1. The van der Waals surface area contributed by atoms with Gasteiger partial charge in [0.05, 0.1) is 10.9 Å². The molecule has 2 aromatic rings. The summed E-state index contributed by atoms with van der Waals surface area (Å²) in [6.45, 7) is 4.17. The smallest absolute Gasteiger partial charge is 0.238 e. The first kappa shape index (κ1) is 19.0. The summed E-state index contributed by atoms with van der Waals surface area (Å²) in [4.78, 5) is 16.1. The Morgan fingerprint density at radius 1 is 1.31 bits per heavy atom. The van der Waals surface area contributed by atoms with E-state index in [1.807, 2.05) is 6.92 Å². The van der Waals surface area contributed by atoms with Crippen LogP contribution >= 0.6 is 11.3 Å². The van der Waals surface area contributed by atoms with Crippen molar-refractivity contribution in [2.75, 3.05) is 13.1 Å². The highest BCUT2D eigenvalue weighted by atomic mass is 32.2. The van der Waals surface area contributed by atoms with Crippen molar-refractivity contribution < 1.29 is 13.2 Å². The van der Waals surface area contributed by atoms with Gasteiger partial charge in [-0.1, -0.05) is 12.1 Å². The van der Waals surface area contributed by atoms with Crippen molar-refractivity contribution in [3.63, 3.8) is 0 Å². The maximum atomic E-state index is 12.4. The zero-order valence-electron chi connectivity index (χ0n) is 14.6. The van der Waals surface area contributed by atoms with Gasteiger partial charge in [-0.15, -0.1) is 11.3 Å². The Morgan fingerprint density at radius 2 is 2.04 bits per heavy atom. The summed E-state index contributed by atoms with van der Waals surface area (Å²) in [5.74, 6) is 0.0184. The van der Waals surface area contributed by atoms with Crippen LogP contribution in [0.25, 0.3) is 0 Å². The molecule has 1 unspecified atom stereocenters. The zero-order valence-corrected chi connectivity index (χ0v) is 16.3. The molecular formula is C18H23N3O3S2. The third-order valence-corrected chi connectivity index (χ3v) is 6.68. The lowest BCUT2D eigenvalue weighted by Crippen LogP contribution is -2.47. The van der Waals surface area contributed by atoms with Crippen molar-refractivity contribution in [2.24, 2.45) is 5.14 Å². The maximum absolute atomic E-state index is 12.4. The van der Waals surface area contributed by atoms with Crippen molar-refractivity contribution in [3.05, 3.63) is 51.7 Å². The van der Waals surface area contributed by atoms with E-state index in [2.05, 4.69) is 21.7 Å². The standard InChI is InChI=1S/C18H23N3O3S2/c1-13(21-10-7-17-15(12-21)8-11-25-17)18(22)20-9-6-14-2-4-16(5-3-14)26(19,23)24/h2-5,8,11,13H,6-7,9-10,12H2,1H3,(H,20,22)(H2,19,23,24). The minimum Gasteiger partial charge on any atom is -0.354 e. The first-order valence-corrected chi connectivity index (χ1v) is 11.0. The number of rotatable bonds is 6. The van der Waals surface area contributed by atoms with E-state index in [1.165, 1.54) is 22.6 Å². The number of nitrogens with one attached hydrogen (secondary N) is 1. The number of sulfonamides is 1. The Balaban J connectivity index is 1.48. The van der Waals surface area contributed by atoms with Gasteiger partial charge in [0.15, 0.2) is 0 Å². The van der Waals surface area contributed by atoms with E-state index < -0.39 is 10.0 Å². The van der Waals surface area contributed by atoms with Gasteiger partial charge >= 0.3 is 0 Å². The molecule has 0 spiro atoms. The third-order valence-electron chi connectivity index (χ3n) is 4.73. The first-order chi connectivity index (χ1) is 12.3. The normalized spacial score (nSPS) is 16.1. The first-order valence-electron chi connectivity index (χ1n) is 8.53. The third kappa shape index (κ3) is 4.50. The van der Waals surface area contributed by atoms with Crippen molar-refractivity contribution in [2.45, 2.75) is 37.2 Å². The number of amides is 1. The fourth-order valence-corrected chi connectivity index (χ4v) is 4.50. The second-order valence-corrected chi connectivity index (χ2v) is 9.06. The number of fused-ring (bicyclic) bond motifs is 1. The summed E-state index contributed by atoms with van der Waals surface area (Å²) < 4.78 is 22.5. The Bertz CT molecular complexity index is 875. The number of nitrogens with two attached hydrogens (primary N) is 1. The summed E-state index contributed by atoms with van der Waals surface area (Å²) in [6.07, 6.45) is 1.64. The zero-order chi connectivity index (χ0) is 18.7. The molecule has 6 nitrogen and oxygen atoms in total. The van der Waals surface area contributed by atoms with Crippen LogP contribution in [-0.2, 0) is 34.2 Å². The molecule has 0 saturated heterocycles. The second kappa shape index (κ2) is 7.87. The molecule has 1 aromatic carbocycles. The molecule has 3 N–H and O–H groups in total. The predicted molar refractivity (Wildman–Crippen MR) is 102 cm³/mol. The van der Waals surface area contributed by atoms with Crippen LogP contribution in [0.4, 0.5) is 0 Å². The predicted octanol–water partition coefficient (Wildman–Crippen LogP) is 1.50. The lowest BCUT2D eigenvalue weighted by atomic mass is 10.1. The number of carbonyl (C=O) groups excluding carboxylic acids is 1. The summed E-state index contributed by atoms with van der Waals surface area (Å²) in [5.41, 5.74) is 2.28. The van der Waals surface area contributed by atoms with Gasteiger partial charge in [0.25, 0.3) is 0 Å². The molecule has 140 valence electrons. The Hall–Kier alpha value is -1.74. The molecular weight excluding hydrogens is 370 g/mol. The van der Waals surface area contributed by atoms with E-state index in [0.717, 1.165) is 25.1 Å². The van der Waals surface area contributed by atoms with E-state index in [9.17, 15) is 13.2 Å². The van der Waals surface area contributed by atoms with Crippen molar-refractivity contribution in [1.29, 1.82) is 0 Å². The van der Waals surface area contributed by atoms with Crippen LogP contribution in [0.15, 0.2) is 40.6 Å². The van der Waals surface area contributed by atoms with Crippen molar-refractivity contribution in [3.8, 4) is 0 Å². The van der Waals surface area contributed by atoms with Gasteiger partial charge in [-0.05, 0) is 54.5 Å². The van der Waals surface area contributed by atoms with E-state index in [-0.39, 0.29) is 16.8 Å². The Kier molecular flexibility index (Phi) is 5.76. The van der Waals surface area contributed by atoms with Gasteiger partial charge in [-0.2, -0.15) is 0 Å². The van der Waals surface area contributed by atoms with E-state index in [1.54, 1.807) is 23.5 Å². The highest BCUT2D eigenvalue weighted by molar-refractivity contribution is 7.89. The Labute approximate surface area is 158 Å². The van der Waals surface area contributed by atoms with E-state index in [0.29, 0.717) is 13.0 Å². The van der Waals surface area contributed by atoms with Crippen LogP contribution in [0.3, 0.4) is 0 Å². The SMILES string of the molecule is CC(C(=O)NCCc1ccc(S(N)(=O)=O)cc1)N1CCc2sccc2C1. The Morgan fingerprint density at radius 3 is 2.73 bits per heavy atom. The van der Waals surface area contributed by atoms with E-state index in [4.69, 9.17) is 5.14 Å². The number of primary sulfonamides is 1. The molecule has 1 amide bonds.